The minimum atomic E-state index is 0. The minimum absolute atomic E-state index is 0. The Hall–Kier alpha value is -1.15. The van der Waals surface area contributed by atoms with Gasteiger partial charge in [-0.1, -0.05) is 89.0 Å². The molecule has 150 valence electrons. The van der Waals surface area contributed by atoms with Crippen LogP contribution in [0.2, 0.25) is 0 Å². The number of benzene rings is 1. The van der Waals surface area contributed by atoms with E-state index in [1.807, 2.05) is 0 Å². The lowest BCUT2D eigenvalue weighted by Crippen LogP contribution is -3.00. The second kappa shape index (κ2) is 14.9. The molecular formula is C25H38BrN. The van der Waals surface area contributed by atoms with Gasteiger partial charge in [-0.25, -0.2) is 4.57 Å². The molecule has 0 bridgehead atoms. The highest BCUT2D eigenvalue weighted by atomic mass is 79.9. The van der Waals surface area contributed by atoms with Crippen LogP contribution in [0.3, 0.4) is 0 Å². The van der Waals surface area contributed by atoms with Crippen LogP contribution in [-0.2, 0) is 13.0 Å². The fourth-order valence-electron chi connectivity index (χ4n) is 3.48. The van der Waals surface area contributed by atoms with Gasteiger partial charge in [0.05, 0.1) is 0 Å². The molecular weight excluding hydrogens is 394 g/mol. The molecule has 0 aliphatic carbocycles. The van der Waals surface area contributed by atoms with Crippen LogP contribution in [0.15, 0.2) is 48.8 Å². The number of halogens is 1. The van der Waals surface area contributed by atoms with Crippen molar-refractivity contribution in [3.8, 4) is 0 Å². The first-order valence-electron chi connectivity index (χ1n) is 10.8. The predicted octanol–water partition coefficient (Wildman–Crippen LogP) is 3.80. The SMILES string of the molecule is CCCCCCCCCCCCc1ccc(C[n+]2ccc(C)cc2)cc1.[Br-]. The summed E-state index contributed by atoms with van der Waals surface area (Å²) in [5, 5.41) is 0. The molecule has 0 radical (unpaired) electrons. The third-order valence-electron chi connectivity index (χ3n) is 5.26. The van der Waals surface area contributed by atoms with Crippen LogP contribution >= 0.6 is 0 Å². The lowest BCUT2D eigenvalue weighted by molar-refractivity contribution is -0.688. The molecule has 0 aliphatic heterocycles. The number of nitrogens with zero attached hydrogens (tertiary/aromatic N) is 1. The average Bonchev–Trinajstić information content (AvgIpc) is 2.66. The summed E-state index contributed by atoms with van der Waals surface area (Å²) in [6.07, 6.45) is 19.7. The molecule has 1 aromatic carbocycles. The molecule has 0 fully saturated rings. The highest BCUT2D eigenvalue weighted by Crippen LogP contribution is 2.13. The summed E-state index contributed by atoms with van der Waals surface area (Å²) in [6, 6.07) is 13.5. The lowest BCUT2D eigenvalue weighted by Gasteiger charge is -2.04. The van der Waals surface area contributed by atoms with Gasteiger partial charge in [0, 0.05) is 17.7 Å². The van der Waals surface area contributed by atoms with Crippen molar-refractivity contribution in [2.75, 3.05) is 0 Å². The number of unbranched alkanes of at least 4 members (excludes halogenated alkanes) is 9. The Balaban J connectivity index is 0.00000364. The van der Waals surface area contributed by atoms with Crippen molar-refractivity contribution in [2.45, 2.75) is 91.0 Å². The Bertz CT molecular complexity index is 589. The van der Waals surface area contributed by atoms with Crippen LogP contribution < -0.4 is 21.5 Å². The molecule has 0 unspecified atom stereocenters. The van der Waals surface area contributed by atoms with E-state index in [4.69, 9.17) is 0 Å². The summed E-state index contributed by atoms with van der Waals surface area (Å²) in [4.78, 5) is 0. The summed E-state index contributed by atoms with van der Waals surface area (Å²) in [5.74, 6) is 0. The molecule has 0 N–H and O–H groups in total. The Morgan fingerprint density at radius 3 is 1.67 bits per heavy atom. The van der Waals surface area contributed by atoms with Gasteiger partial charge in [-0.3, -0.25) is 0 Å². The van der Waals surface area contributed by atoms with Crippen LogP contribution in [0.4, 0.5) is 0 Å². The molecule has 0 atom stereocenters. The van der Waals surface area contributed by atoms with Crippen molar-refractivity contribution in [1.29, 1.82) is 0 Å². The molecule has 1 nitrogen and oxygen atoms in total. The van der Waals surface area contributed by atoms with Crippen LogP contribution in [0, 0.1) is 6.92 Å². The van der Waals surface area contributed by atoms with E-state index in [9.17, 15) is 0 Å². The summed E-state index contributed by atoms with van der Waals surface area (Å²) in [6.45, 7) is 5.38. The first kappa shape index (κ1) is 23.9. The minimum Gasteiger partial charge on any atom is -1.00 e. The first-order chi connectivity index (χ1) is 12.8. The summed E-state index contributed by atoms with van der Waals surface area (Å²) < 4.78 is 2.24. The van der Waals surface area contributed by atoms with Crippen molar-refractivity contribution in [2.24, 2.45) is 0 Å². The van der Waals surface area contributed by atoms with Crippen LogP contribution in [0.5, 0.6) is 0 Å². The van der Waals surface area contributed by atoms with Crippen molar-refractivity contribution in [3.05, 3.63) is 65.5 Å². The van der Waals surface area contributed by atoms with E-state index in [0.717, 1.165) is 6.54 Å². The second-order valence-electron chi connectivity index (χ2n) is 7.80. The molecule has 2 aromatic rings. The number of rotatable bonds is 13. The molecule has 2 rings (SSSR count). The first-order valence-corrected chi connectivity index (χ1v) is 10.8. The van der Waals surface area contributed by atoms with Gasteiger partial charge in [0.2, 0.25) is 0 Å². The fraction of sp³-hybridized carbons (Fsp3) is 0.560. The smallest absolute Gasteiger partial charge is 0.173 e. The number of aromatic nitrogens is 1. The van der Waals surface area contributed by atoms with Crippen LogP contribution in [-0.4, -0.2) is 0 Å². The molecule has 0 amide bonds. The molecule has 0 spiro atoms. The summed E-state index contributed by atoms with van der Waals surface area (Å²) in [5.41, 5.74) is 4.18. The highest BCUT2D eigenvalue weighted by Gasteiger charge is 2.02. The number of hydrogen-bond donors (Lipinski definition) is 0. The van der Waals surface area contributed by atoms with Crippen LogP contribution in [0.25, 0.3) is 0 Å². The monoisotopic (exact) mass is 431 g/mol. The summed E-state index contributed by atoms with van der Waals surface area (Å²) >= 11 is 0. The number of hydrogen-bond acceptors (Lipinski definition) is 0. The number of aryl methyl sites for hydroxylation is 2. The number of pyridine rings is 1. The normalized spacial score (nSPS) is 10.6. The van der Waals surface area contributed by atoms with Gasteiger partial charge in [-0.15, -0.1) is 0 Å². The lowest BCUT2D eigenvalue weighted by atomic mass is 10.0. The van der Waals surface area contributed by atoms with Gasteiger partial charge in [0.25, 0.3) is 0 Å². The Kier molecular flexibility index (Phi) is 13.1. The second-order valence-corrected chi connectivity index (χ2v) is 7.80. The molecule has 1 aromatic heterocycles. The standard InChI is InChI=1S/C25H38N.BrH/c1-3-4-5-6-7-8-9-10-11-12-13-24-14-16-25(17-15-24)22-26-20-18-23(2)19-21-26;/h14-21H,3-13,22H2,1-2H3;1H/q+1;/p-1. The predicted molar refractivity (Wildman–Crippen MR) is 112 cm³/mol. The third kappa shape index (κ3) is 10.7. The molecule has 1 heterocycles. The Labute approximate surface area is 178 Å². The maximum atomic E-state index is 2.32. The van der Waals surface area contributed by atoms with Gasteiger partial charge >= 0.3 is 0 Å². The quantitative estimate of drug-likeness (QED) is 0.335. The van der Waals surface area contributed by atoms with Gasteiger partial charge in [0.1, 0.15) is 0 Å². The Morgan fingerprint density at radius 2 is 1.11 bits per heavy atom. The zero-order valence-electron chi connectivity index (χ0n) is 17.4. The average molecular weight is 432 g/mol. The van der Waals surface area contributed by atoms with Gasteiger partial charge in [-0.05, 0) is 30.9 Å². The highest BCUT2D eigenvalue weighted by molar-refractivity contribution is 5.22. The van der Waals surface area contributed by atoms with E-state index in [-0.39, 0.29) is 17.0 Å². The maximum absolute atomic E-state index is 2.32. The van der Waals surface area contributed by atoms with Crippen molar-refractivity contribution in [3.63, 3.8) is 0 Å². The van der Waals surface area contributed by atoms with E-state index in [2.05, 4.69) is 67.2 Å². The van der Waals surface area contributed by atoms with Gasteiger partial charge in [-0.2, -0.15) is 0 Å². The molecule has 27 heavy (non-hydrogen) atoms. The molecule has 0 saturated carbocycles. The fourth-order valence-corrected chi connectivity index (χ4v) is 3.48. The summed E-state index contributed by atoms with van der Waals surface area (Å²) in [7, 11) is 0. The van der Waals surface area contributed by atoms with E-state index in [0.29, 0.717) is 0 Å². The zero-order chi connectivity index (χ0) is 18.5. The third-order valence-corrected chi connectivity index (χ3v) is 5.26. The van der Waals surface area contributed by atoms with Crippen molar-refractivity contribution >= 4 is 0 Å². The maximum Gasteiger partial charge on any atom is 0.173 e. The molecule has 2 heteroatoms. The van der Waals surface area contributed by atoms with Gasteiger partial charge in [0.15, 0.2) is 18.9 Å². The topological polar surface area (TPSA) is 3.88 Å². The van der Waals surface area contributed by atoms with Crippen molar-refractivity contribution in [1.82, 2.24) is 0 Å². The Morgan fingerprint density at radius 1 is 0.630 bits per heavy atom. The van der Waals surface area contributed by atoms with Crippen LogP contribution in [0.1, 0.15) is 87.8 Å². The molecule has 0 aliphatic rings. The van der Waals surface area contributed by atoms with Crippen molar-refractivity contribution < 1.29 is 21.5 Å². The van der Waals surface area contributed by atoms with E-state index < -0.39 is 0 Å². The molecule has 0 saturated heterocycles. The van der Waals surface area contributed by atoms with E-state index in [1.54, 1.807) is 0 Å². The largest absolute Gasteiger partial charge is 1.00 e. The zero-order valence-corrected chi connectivity index (χ0v) is 19.0. The van der Waals surface area contributed by atoms with E-state index >= 15 is 0 Å². The van der Waals surface area contributed by atoms with Gasteiger partial charge < -0.3 is 17.0 Å². The van der Waals surface area contributed by atoms with E-state index in [1.165, 1.54) is 87.3 Å².